The van der Waals surface area contributed by atoms with Crippen LogP contribution in [0.15, 0.2) is 42.5 Å². The summed E-state index contributed by atoms with van der Waals surface area (Å²) < 4.78 is 23.5. The quantitative estimate of drug-likeness (QED) is 0.828. The maximum Gasteiger partial charge on any atom is 0.153 e. The molecule has 0 amide bonds. The van der Waals surface area contributed by atoms with Gasteiger partial charge in [-0.1, -0.05) is 6.07 Å². The van der Waals surface area contributed by atoms with E-state index in [0.717, 1.165) is 0 Å². The summed E-state index contributed by atoms with van der Waals surface area (Å²) in [5.41, 5.74) is 6.22. The van der Waals surface area contributed by atoms with Crippen molar-refractivity contribution in [3.8, 4) is 17.2 Å². The lowest BCUT2D eigenvalue weighted by atomic mass is 10.2. The molecule has 0 saturated heterocycles. The van der Waals surface area contributed by atoms with E-state index in [1.807, 2.05) is 0 Å². The van der Waals surface area contributed by atoms with E-state index in [1.165, 1.54) is 12.1 Å². The first kappa shape index (κ1) is 11.3. The van der Waals surface area contributed by atoms with Crippen LogP contribution in [0.1, 0.15) is 0 Å². The van der Waals surface area contributed by atoms with Crippen LogP contribution in [0.25, 0.3) is 0 Å². The van der Waals surface area contributed by atoms with Gasteiger partial charge in [0.15, 0.2) is 5.75 Å². The Hall–Kier alpha value is -2.23. The fraction of sp³-hybridized carbons (Fsp3) is 0.0769. The molecule has 2 aromatic carbocycles. The third kappa shape index (κ3) is 2.66. The molecule has 0 radical (unpaired) electrons. The number of hydrogen-bond acceptors (Lipinski definition) is 3. The minimum absolute atomic E-state index is 0.357. The van der Waals surface area contributed by atoms with E-state index in [1.54, 1.807) is 37.4 Å². The normalized spacial score (nSPS) is 10.0. The van der Waals surface area contributed by atoms with Gasteiger partial charge in [0.2, 0.25) is 0 Å². The van der Waals surface area contributed by atoms with Crippen molar-refractivity contribution in [1.29, 1.82) is 0 Å². The van der Waals surface area contributed by atoms with Gasteiger partial charge in [-0.05, 0) is 24.3 Å². The minimum Gasteiger partial charge on any atom is -0.497 e. The molecule has 0 aliphatic carbocycles. The van der Waals surface area contributed by atoms with Gasteiger partial charge in [-0.3, -0.25) is 0 Å². The summed E-state index contributed by atoms with van der Waals surface area (Å²) in [5.74, 6) is 1.11. The van der Waals surface area contributed by atoms with Crippen LogP contribution in [-0.4, -0.2) is 7.11 Å². The van der Waals surface area contributed by atoms with Crippen LogP contribution in [0.4, 0.5) is 10.1 Å². The van der Waals surface area contributed by atoms with Gasteiger partial charge in [-0.2, -0.15) is 0 Å². The van der Waals surface area contributed by atoms with E-state index < -0.39 is 0 Å². The Bertz CT molecular complexity index is 529. The molecule has 3 nitrogen and oxygen atoms in total. The van der Waals surface area contributed by atoms with Crippen molar-refractivity contribution in [3.05, 3.63) is 48.3 Å². The highest BCUT2D eigenvalue weighted by Gasteiger charge is 2.04. The van der Waals surface area contributed by atoms with Crippen LogP contribution < -0.4 is 15.2 Å². The average Bonchev–Trinajstić information content (AvgIpc) is 2.32. The molecule has 88 valence electrons. The van der Waals surface area contributed by atoms with Crippen molar-refractivity contribution in [2.45, 2.75) is 0 Å². The summed E-state index contributed by atoms with van der Waals surface area (Å²) in [7, 11) is 1.55. The lowest BCUT2D eigenvalue weighted by Crippen LogP contribution is -1.93. The Morgan fingerprint density at radius 1 is 1.06 bits per heavy atom. The van der Waals surface area contributed by atoms with Crippen LogP contribution >= 0.6 is 0 Å². The van der Waals surface area contributed by atoms with E-state index >= 15 is 0 Å². The molecule has 0 spiro atoms. The number of benzene rings is 2. The van der Waals surface area contributed by atoms with E-state index in [4.69, 9.17) is 15.2 Å². The third-order valence-corrected chi connectivity index (χ3v) is 2.24. The van der Waals surface area contributed by atoms with Gasteiger partial charge < -0.3 is 15.2 Å². The third-order valence-electron chi connectivity index (χ3n) is 2.24. The Balaban J connectivity index is 2.29. The molecule has 0 saturated carbocycles. The van der Waals surface area contributed by atoms with Crippen molar-refractivity contribution >= 4 is 5.69 Å². The zero-order valence-electron chi connectivity index (χ0n) is 9.31. The summed E-state index contributed by atoms with van der Waals surface area (Å²) in [6.07, 6.45) is 0. The highest BCUT2D eigenvalue weighted by atomic mass is 19.1. The van der Waals surface area contributed by atoms with Crippen LogP contribution in [0.3, 0.4) is 0 Å². The van der Waals surface area contributed by atoms with E-state index in [2.05, 4.69) is 0 Å². The molecule has 0 heterocycles. The maximum absolute atomic E-state index is 13.0. The second-order valence-corrected chi connectivity index (χ2v) is 3.46. The van der Waals surface area contributed by atoms with Gasteiger partial charge in [0.05, 0.1) is 12.8 Å². The average molecular weight is 233 g/mol. The summed E-state index contributed by atoms with van der Waals surface area (Å²) in [5, 5.41) is 0. The molecule has 2 aromatic rings. The molecule has 0 aromatic heterocycles. The van der Waals surface area contributed by atoms with Crippen LogP contribution in [-0.2, 0) is 0 Å². The SMILES string of the molecule is COc1ccc(N)c(Oc2cccc(F)c2)c1. The predicted octanol–water partition coefficient (Wildman–Crippen LogP) is 3.21. The molecule has 0 unspecified atom stereocenters. The largest absolute Gasteiger partial charge is 0.497 e. The molecule has 2 N–H and O–H groups in total. The molecule has 0 atom stereocenters. The fourth-order valence-electron chi connectivity index (χ4n) is 1.39. The van der Waals surface area contributed by atoms with E-state index in [-0.39, 0.29) is 5.82 Å². The molecule has 0 fully saturated rings. The molecule has 17 heavy (non-hydrogen) atoms. The maximum atomic E-state index is 13.0. The minimum atomic E-state index is -0.357. The van der Waals surface area contributed by atoms with Crippen molar-refractivity contribution in [1.82, 2.24) is 0 Å². The number of nitrogens with two attached hydrogens (primary N) is 1. The highest BCUT2D eigenvalue weighted by molar-refractivity contribution is 5.56. The topological polar surface area (TPSA) is 44.5 Å². The van der Waals surface area contributed by atoms with Crippen LogP contribution in [0.5, 0.6) is 17.2 Å². The Morgan fingerprint density at radius 3 is 2.59 bits per heavy atom. The molecule has 0 bridgehead atoms. The highest BCUT2D eigenvalue weighted by Crippen LogP contribution is 2.31. The Morgan fingerprint density at radius 2 is 1.88 bits per heavy atom. The molecule has 0 aliphatic rings. The number of methoxy groups -OCH3 is 1. The van der Waals surface area contributed by atoms with Gasteiger partial charge in [0, 0.05) is 12.1 Å². The van der Waals surface area contributed by atoms with Crippen molar-refractivity contribution in [2.24, 2.45) is 0 Å². The zero-order chi connectivity index (χ0) is 12.3. The van der Waals surface area contributed by atoms with Crippen molar-refractivity contribution < 1.29 is 13.9 Å². The van der Waals surface area contributed by atoms with Gasteiger partial charge >= 0.3 is 0 Å². The number of halogens is 1. The number of ether oxygens (including phenoxy) is 2. The zero-order valence-corrected chi connectivity index (χ0v) is 9.31. The summed E-state index contributed by atoms with van der Waals surface area (Å²) in [6, 6.07) is 10.9. The predicted molar refractivity (Wildman–Crippen MR) is 63.9 cm³/mol. The first-order valence-electron chi connectivity index (χ1n) is 5.06. The van der Waals surface area contributed by atoms with Crippen LogP contribution in [0, 0.1) is 5.82 Å². The van der Waals surface area contributed by atoms with E-state index in [0.29, 0.717) is 22.9 Å². The fourth-order valence-corrected chi connectivity index (χ4v) is 1.39. The standard InChI is InChI=1S/C13H12FNO2/c1-16-10-5-6-12(15)13(8-10)17-11-4-2-3-9(14)7-11/h2-8H,15H2,1H3. The Kier molecular flexibility index (Phi) is 3.14. The number of hydrogen-bond donors (Lipinski definition) is 1. The van der Waals surface area contributed by atoms with Gasteiger partial charge in [0.1, 0.15) is 17.3 Å². The molecular formula is C13H12FNO2. The van der Waals surface area contributed by atoms with Gasteiger partial charge in [-0.15, -0.1) is 0 Å². The smallest absolute Gasteiger partial charge is 0.153 e. The summed E-state index contributed by atoms with van der Waals surface area (Å²) in [4.78, 5) is 0. The summed E-state index contributed by atoms with van der Waals surface area (Å²) in [6.45, 7) is 0. The second-order valence-electron chi connectivity index (χ2n) is 3.46. The Labute approximate surface area is 98.6 Å². The van der Waals surface area contributed by atoms with Gasteiger partial charge in [0.25, 0.3) is 0 Å². The first-order chi connectivity index (χ1) is 8.19. The number of anilines is 1. The van der Waals surface area contributed by atoms with E-state index in [9.17, 15) is 4.39 Å². The number of rotatable bonds is 3. The first-order valence-corrected chi connectivity index (χ1v) is 5.06. The lowest BCUT2D eigenvalue weighted by Gasteiger charge is -2.09. The monoisotopic (exact) mass is 233 g/mol. The summed E-state index contributed by atoms with van der Waals surface area (Å²) >= 11 is 0. The number of nitrogen functional groups attached to an aromatic ring is 1. The molecule has 2 rings (SSSR count). The lowest BCUT2D eigenvalue weighted by molar-refractivity contribution is 0.409. The molecule has 4 heteroatoms. The molecular weight excluding hydrogens is 221 g/mol. The second kappa shape index (κ2) is 4.74. The van der Waals surface area contributed by atoms with Gasteiger partial charge in [-0.25, -0.2) is 4.39 Å². The van der Waals surface area contributed by atoms with Crippen LogP contribution in [0.2, 0.25) is 0 Å². The van der Waals surface area contributed by atoms with Crippen molar-refractivity contribution in [3.63, 3.8) is 0 Å². The molecule has 0 aliphatic heterocycles. The van der Waals surface area contributed by atoms with Crippen molar-refractivity contribution in [2.75, 3.05) is 12.8 Å².